The second-order valence-corrected chi connectivity index (χ2v) is 8.79. The van der Waals surface area contributed by atoms with Crippen molar-refractivity contribution in [3.05, 3.63) is 47.0 Å². The molecule has 1 aliphatic heterocycles. The number of rotatable bonds is 5. The Bertz CT molecular complexity index is 964. The minimum atomic E-state index is -0.293. The smallest absolute Gasteiger partial charge is 0.274 e. The van der Waals surface area contributed by atoms with Crippen molar-refractivity contribution in [1.29, 1.82) is 0 Å². The monoisotopic (exact) mass is 410 g/mol. The van der Waals surface area contributed by atoms with E-state index in [0.717, 1.165) is 55.6 Å². The fourth-order valence-corrected chi connectivity index (χ4v) is 4.64. The number of halogens is 1. The molecule has 1 aromatic heterocycles. The van der Waals surface area contributed by atoms with Crippen LogP contribution in [0.2, 0.25) is 0 Å². The van der Waals surface area contributed by atoms with Crippen molar-refractivity contribution in [3.63, 3.8) is 0 Å². The number of nitrogens with one attached hydrogen (secondary N) is 1. The van der Waals surface area contributed by atoms with Gasteiger partial charge in [-0.2, -0.15) is 5.10 Å². The predicted molar refractivity (Wildman–Crippen MR) is 110 cm³/mol. The van der Waals surface area contributed by atoms with Crippen molar-refractivity contribution >= 4 is 11.8 Å². The Morgan fingerprint density at radius 2 is 1.90 bits per heavy atom. The number of hydrogen-bond acceptors (Lipinski definition) is 3. The first-order chi connectivity index (χ1) is 14.6. The lowest BCUT2D eigenvalue weighted by atomic mass is 9.96. The van der Waals surface area contributed by atoms with Gasteiger partial charge in [0.1, 0.15) is 5.82 Å². The van der Waals surface area contributed by atoms with E-state index >= 15 is 0 Å². The molecule has 5 rings (SSSR count). The van der Waals surface area contributed by atoms with Crippen molar-refractivity contribution < 1.29 is 14.0 Å². The van der Waals surface area contributed by atoms with Crippen LogP contribution in [-0.4, -0.2) is 46.1 Å². The van der Waals surface area contributed by atoms with Crippen LogP contribution in [-0.2, 0) is 17.6 Å². The van der Waals surface area contributed by atoms with Gasteiger partial charge in [-0.3, -0.25) is 9.59 Å². The molecular weight excluding hydrogens is 383 g/mol. The standard InChI is InChI=1S/C23H27FN4O2/c24-17-8-10-18(11-9-17)28-20-5-1-4-19(20)21(26-28)23(30)27-12-2-3-16(14-27)22(29)25-13-15-6-7-15/h8-11,15-16H,1-7,12-14H2,(H,25,29). The van der Waals surface area contributed by atoms with Gasteiger partial charge in [-0.05, 0) is 75.1 Å². The maximum atomic E-state index is 13.4. The van der Waals surface area contributed by atoms with E-state index in [9.17, 15) is 14.0 Å². The molecule has 7 heteroatoms. The fourth-order valence-electron chi connectivity index (χ4n) is 4.64. The van der Waals surface area contributed by atoms with Crippen LogP contribution >= 0.6 is 0 Å². The number of piperidine rings is 1. The average Bonchev–Trinajstić information content (AvgIpc) is 3.35. The van der Waals surface area contributed by atoms with Gasteiger partial charge < -0.3 is 10.2 Å². The van der Waals surface area contributed by atoms with Crippen molar-refractivity contribution in [2.75, 3.05) is 19.6 Å². The summed E-state index contributed by atoms with van der Waals surface area (Å²) in [6, 6.07) is 6.21. The molecule has 1 N–H and O–H groups in total. The van der Waals surface area contributed by atoms with Gasteiger partial charge in [-0.1, -0.05) is 0 Å². The summed E-state index contributed by atoms with van der Waals surface area (Å²) in [4.78, 5) is 27.7. The second kappa shape index (κ2) is 7.85. The zero-order valence-electron chi connectivity index (χ0n) is 17.1. The highest BCUT2D eigenvalue weighted by molar-refractivity contribution is 5.95. The van der Waals surface area contributed by atoms with Crippen LogP contribution in [0.1, 0.15) is 53.8 Å². The summed E-state index contributed by atoms with van der Waals surface area (Å²) in [5.41, 5.74) is 3.31. The van der Waals surface area contributed by atoms with Gasteiger partial charge in [0.25, 0.3) is 5.91 Å². The van der Waals surface area contributed by atoms with Crippen LogP contribution in [0.25, 0.3) is 5.69 Å². The Labute approximate surface area is 175 Å². The Morgan fingerprint density at radius 1 is 1.10 bits per heavy atom. The van der Waals surface area contributed by atoms with Crippen LogP contribution in [0.4, 0.5) is 4.39 Å². The number of carbonyl (C=O) groups excluding carboxylic acids is 2. The molecule has 2 heterocycles. The van der Waals surface area contributed by atoms with E-state index in [1.807, 2.05) is 0 Å². The van der Waals surface area contributed by atoms with Gasteiger partial charge in [0.2, 0.25) is 5.91 Å². The Hall–Kier alpha value is -2.70. The van der Waals surface area contributed by atoms with Crippen LogP contribution in [0.15, 0.2) is 24.3 Å². The second-order valence-electron chi connectivity index (χ2n) is 8.79. The van der Waals surface area contributed by atoms with E-state index in [1.165, 1.54) is 25.0 Å². The third-order valence-corrected chi connectivity index (χ3v) is 6.55. The van der Waals surface area contributed by atoms with E-state index in [2.05, 4.69) is 10.4 Å². The SMILES string of the molecule is O=C(NCC1CC1)C1CCCN(C(=O)c2nn(-c3ccc(F)cc3)c3c2CCC3)C1. The molecule has 2 amide bonds. The maximum absolute atomic E-state index is 13.4. The highest BCUT2D eigenvalue weighted by Gasteiger charge is 2.34. The van der Waals surface area contributed by atoms with Gasteiger partial charge in [-0.15, -0.1) is 0 Å². The molecule has 30 heavy (non-hydrogen) atoms. The van der Waals surface area contributed by atoms with E-state index in [-0.39, 0.29) is 23.5 Å². The molecule has 3 aliphatic rings. The zero-order valence-corrected chi connectivity index (χ0v) is 17.1. The first-order valence-electron chi connectivity index (χ1n) is 11.0. The van der Waals surface area contributed by atoms with Crippen LogP contribution in [0.3, 0.4) is 0 Å². The first kappa shape index (κ1) is 19.3. The van der Waals surface area contributed by atoms with Gasteiger partial charge in [0, 0.05) is 30.9 Å². The van der Waals surface area contributed by atoms with Crippen molar-refractivity contribution in [1.82, 2.24) is 20.0 Å². The Morgan fingerprint density at radius 3 is 2.67 bits per heavy atom. The Balaban J connectivity index is 1.35. The molecular formula is C23H27FN4O2. The lowest BCUT2D eigenvalue weighted by Gasteiger charge is -2.31. The molecule has 1 saturated heterocycles. The largest absolute Gasteiger partial charge is 0.356 e. The summed E-state index contributed by atoms with van der Waals surface area (Å²) in [7, 11) is 0. The number of hydrogen-bond donors (Lipinski definition) is 1. The third kappa shape index (κ3) is 3.73. The molecule has 158 valence electrons. The summed E-state index contributed by atoms with van der Waals surface area (Å²) in [6.07, 6.45) is 6.74. The molecule has 2 aliphatic carbocycles. The Kier molecular flexibility index (Phi) is 5.05. The molecule has 2 aromatic rings. The molecule has 6 nitrogen and oxygen atoms in total. The van der Waals surface area contributed by atoms with Gasteiger partial charge in [0.15, 0.2) is 5.69 Å². The zero-order chi connectivity index (χ0) is 20.7. The van der Waals surface area contributed by atoms with Crippen LogP contribution < -0.4 is 5.32 Å². The highest BCUT2D eigenvalue weighted by atomic mass is 19.1. The fraction of sp³-hybridized carbons (Fsp3) is 0.522. The highest BCUT2D eigenvalue weighted by Crippen LogP contribution is 2.30. The van der Waals surface area contributed by atoms with Gasteiger partial charge >= 0.3 is 0 Å². The van der Waals surface area contributed by atoms with E-state index in [0.29, 0.717) is 24.7 Å². The summed E-state index contributed by atoms with van der Waals surface area (Å²) in [5.74, 6) is 0.190. The normalized spacial score (nSPS) is 20.8. The number of nitrogens with zero attached hydrogens (tertiary/aromatic N) is 3. The number of benzene rings is 1. The quantitative estimate of drug-likeness (QED) is 0.824. The molecule has 1 unspecified atom stereocenters. The summed E-state index contributed by atoms with van der Waals surface area (Å²) < 4.78 is 15.1. The van der Waals surface area contributed by atoms with E-state index in [4.69, 9.17) is 0 Å². The summed E-state index contributed by atoms with van der Waals surface area (Å²) in [6.45, 7) is 1.87. The molecule has 1 saturated carbocycles. The lowest BCUT2D eigenvalue weighted by molar-refractivity contribution is -0.126. The molecule has 0 radical (unpaired) electrons. The van der Waals surface area contributed by atoms with E-state index < -0.39 is 0 Å². The molecule has 0 bridgehead atoms. The minimum Gasteiger partial charge on any atom is -0.356 e. The van der Waals surface area contributed by atoms with Crippen molar-refractivity contribution in [2.45, 2.75) is 44.9 Å². The topological polar surface area (TPSA) is 67.2 Å². The number of amides is 2. The van der Waals surface area contributed by atoms with E-state index in [1.54, 1.807) is 21.7 Å². The minimum absolute atomic E-state index is 0.0708. The molecule has 1 atom stereocenters. The molecule has 1 aromatic carbocycles. The summed E-state index contributed by atoms with van der Waals surface area (Å²) >= 11 is 0. The van der Waals surface area contributed by atoms with Crippen molar-refractivity contribution in [3.8, 4) is 5.69 Å². The average molecular weight is 410 g/mol. The molecule has 2 fully saturated rings. The van der Waals surface area contributed by atoms with Crippen LogP contribution in [0, 0.1) is 17.7 Å². The lowest BCUT2D eigenvalue weighted by Crippen LogP contribution is -2.46. The first-order valence-corrected chi connectivity index (χ1v) is 11.0. The summed E-state index contributed by atoms with van der Waals surface area (Å²) in [5, 5.41) is 7.71. The number of carbonyl (C=O) groups is 2. The number of fused-ring (bicyclic) bond motifs is 1. The number of likely N-dealkylation sites (tertiary alicyclic amines) is 1. The van der Waals surface area contributed by atoms with Crippen LogP contribution in [0.5, 0.6) is 0 Å². The maximum Gasteiger partial charge on any atom is 0.274 e. The number of aromatic nitrogens is 2. The third-order valence-electron chi connectivity index (χ3n) is 6.55. The molecule has 0 spiro atoms. The van der Waals surface area contributed by atoms with Gasteiger partial charge in [0.05, 0.1) is 11.6 Å². The van der Waals surface area contributed by atoms with Crippen molar-refractivity contribution in [2.24, 2.45) is 11.8 Å². The van der Waals surface area contributed by atoms with Gasteiger partial charge in [-0.25, -0.2) is 9.07 Å². The predicted octanol–water partition coefficient (Wildman–Crippen LogP) is 2.88.